The molecule has 0 aromatic heterocycles. The van der Waals surface area contributed by atoms with Gasteiger partial charge in [-0.15, -0.1) is 5.16 Å². The fourth-order valence-electron chi connectivity index (χ4n) is 1.20. The van der Waals surface area contributed by atoms with E-state index in [1.807, 2.05) is 0 Å². The number of nitrogens with zero attached hydrogens (tertiary/aromatic N) is 1. The van der Waals surface area contributed by atoms with Gasteiger partial charge in [-0.2, -0.15) is 0 Å². The van der Waals surface area contributed by atoms with Gasteiger partial charge in [-0.3, -0.25) is 0 Å². The molecule has 0 radical (unpaired) electrons. The largest absolute Gasteiger partial charge is 0.411 e. The fraction of sp³-hybridized carbons (Fsp3) is 0.833. The molecule has 0 bridgehead atoms. The lowest BCUT2D eigenvalue weighted by Gasteiger charge is -1.94. The van der Waals surface area contributed by atoms with Crippen LogP contribution < -0.4 is 0 Å². The van der Waals surface area contributed by atoms with Crippen LogP contribution in [0.15, 0.2) is 5.16 Å². The Morgan fingerprint density at radius 2 is 2.00 bits per heavy atom. The van der Waals surface area contributed by atoms with E-state index in [-0.39, 0.29) is 0 Å². The molecule has 2 heteroatoms. The lowest BCUT2D eigenvalue weighted by molar-refractivity contribution is 0.318. The molecule has 1 aliphatic rings. The van der Waals surface area contributed by atoms with Crippen LogP contribution in [0.25, 0.3) is 0 Å². The SMILES string of the molecule is ON=CC1CCCC1. The highest BCUT2D eigenvalue weighted by Gasteiger charge is 2.11. The zero-order chi connectivity index (χ0) is 5.82. The van der Waals surface area contributed by atoms with E-state index in [0.717, 1.165) is 0 Å². The monoisotopic (exact) mass is 113 g/mol. The van der Waals surface area contributed by atoms with Crippen molar-refractivity contribution >= 4 is 6.21 Å². The molecule has 46 valence electrons. The van der Waals surface area contributed by atoms with Crippen molar-refractivity contribution in [2.75, 3.05) is 0 Å². The van der Waals surface area contributed by atoms with Crippen LogP contribution in [0.4, 0.5) is 0 Å². The first-order chi connectivity index (χ1) is 3.93. The van der Waals surface area contributed by atoms with Crippen molar-refractivity contribution in [1.29, 1.82) is 0 Å². The van der Waals surface area contributed by atoms with Crippen molar-refractivity contribution < 1.29 is 5.21 Å². The minimum Gasteiger partial charge on any atom is -0.411 e. The van der Waals surface area contributed by atoms with Crippen LogP contribution >= 0.6 is 0 Å². The third-order valence-electron chi connectivity index (χ3n) is 1.68. The predicted molar refractivity (Wildman–Crippen MR) is 32.2 cm³/mol. The summed E-state index contributed by atoms with van der Waals surface area (Å²) in [7, 11) is 0. The molecule has 0 aromatic carbocycles. The summed E-state index contributed by atoms with van der Waals surface area (Å²) in [6, 6.07) is 0. The molecule has 2 nitrogen and oxygen atoms in total. The second kappa shape index (κ2) is 2.70. The van der Waals surface area contributed by atoms with Gasteiger partial charge in [-0.25, -0.2) is 0 Å². The van der Waals surface area contributed by atoms with Gasteiger partial charge in [0.1, 0.15) is 0 Å². The summed E-state index contributed by atoms with van der Waals surface area (Å²) in [5, 5.41) is 11.1. The van der Waals surface area contributed by atoms with Crippen molar-refractivity contribution in [3.63, 3.8) is 0 Å². The number of hydrogen-bond acceptors (Lipinski definition) is 2. The molecule has 0 saturated heterocycles. The molecule has 1 aliphatic carbocycles. The van der Waals surface area contributed by atoms with Crippen molar-refractivity contribution in [3.8, 4) is 0 Å². The fourth-order valence-corrected chi connectivity index (χ4v) is 1.20. The summed E-state index contributed by atoms with van der Waals surface area (Å²) in [5.74, 6) is 0.569. The Balaban J connectivity index is 2.24. The van der Waals surface area contributed by atoms with Crippen LogP contribution in [-0.4, -0.2) is 11.4 Å². The molecule has 1 rings (SSSR count). The summed E-state index contributed by atoms with van der Waals surface area (Å²) in [5.41, 5.74) is 0. The van der Waals surface area contributed by atoms with Crippen molar-refractivity contribution in [1.82, 2.24) is 0 Å². The van der Waals surface area contributed by atoms with Gasteiger partial charge < -0.3 is 5.21 Å². The first-order valence-electron chi connectivity index (χ1n) is 3.11. The summed E-state index contributed by atoms with van der Waals surface area (Å²) < 4.78 is 0. The van der Waals surface area contributed by atoms with Gasteiger partial charge in [0.2, 0.25) is 0 Å². The molecule has 8 heavy (non-hydrogen) atoms. The highest BCUT2D eigenvalue weighted by atomic mass is 16.4. The topological polar surface area (TPSA) is 32.6 Å². The minimum atomic E-state index is 0.569. The van der Waals surface area contributed by atoms with Crippen molar-refractivity contribution in [3.05, 3.63) is 0 Å². The Hall–Kier alpha value is -0.530. The Kier molecular flexibility index (Phi) is 1.89. The molecule has 0 amide bonds. The van der Waals surface area contributed by atoms with Crippen molar-refractivity contribution in [2.24, 2.45) is 11.1 Å². The first kappa shape index (κ1) is 5.60. The smallest absolute Gasteiger partial charge is 0.0466 e. The first-order valence-corrected chi connectivity index (χ1v) is 3.11. The molecular formula is C6H11NO. The summed E-state index contributed by atoms with van der Waals surface area (Å²) in [4.78, 5) is 0. The molecule has 0 aliphatic heterocycles. The molecule has 0 unspecified atom stereocenters. The van der Waals surface area contributed by atoms with E-state index in [0.29, 0.717) is 5.92 Å². The zero-order valence-corrected chi connectivity index (χ0v) is 4.88. The van der Waals surface area contributed by atoms with Gasteiger partial charge >= 0.3 is 0 Å². The third kappa shape index (κ3) is 1.22. The summed E-state index contributed by atoms with van der Waals surface area (Å²) >= 11 is 0. The molecule has 1 fully saturated rings. The van der Waals surface area contributed by atoms with Crippen LogP contribution in [0.3, 0.4) is 0 Å². The average Bonchev–Trinajstić information content (AvgIpc) is 2.19. The number of hydrogen-bond donors (Lipinski definition) is 1. The Labute approximate surface area is 49.2 Å². The Morgan fingerprint density at radius 1 is 1.38 bits per heavy atom. The van der Waals surface area contributed by atoms with Gasteiger partial charge in [0, 0.05) is 6.21 Å². The van der Waals surface area contributed by atoms with Gasteiger partial charge in [-0.1, -0.05) is 12.8 Å². The maximum atomic E-state index is 8.10. The van der Waals surface area contributed by atoms with Crippen LogP contribution in [-0.2, 0) is 0 Å². The minimum absolute atomic E-state index is 0.569. The second-order valence-corrected chi connectivity index (χ2v) is 2.31. The molecule has 0 spiro atoms. The molecule has 0 aromatic rings. The van der Waals surface area contributed by atoms with E-state index in [2.05, 4.69) is 5.16 Å². The van der Waals surface area contributed by atoms with E-state index in [4.69, 9.17) is 5.21 Å². The predicted octanol–water partition coefficient (Wildman–Crippen LogP) is 1.64. The van der Waals surface area contributed by atoms with Crippen LogP contribution in [0, 0.1) is 5.92 Å². The highest BCUT2D eigenvalue weighted by molar-refractivity contribution is 5.60. The molecular weight excluding hydrogens is 102 g/mol. The molecule has 1 N–H and O–H groups in total. The Morgan fingerprint density at radius 3 is 2.50 bits per heavy atom. The van der Waals surface area contributed by atoms with E-state index in [1.54, 1.807) is 6.21 Å². The standard InChI is InChI=1S/C6H11NO/c8-7-5-6-3-1-2-4-6/h5-6,8H,1-4H2. The van der Waals surface area contributed by atoms with E-state index in [1.165, 1.54) is 25.7 Å². The zero-order valence-electron chi connectivity index (χ0n) is 4.88. The lowest BCUT2D eigenvalue weighted by atomic mass is 10.1. The molecule has 0 atom stereocenters. The summed E-state index contributed by atoms with van der Waals surface area (Å²) in [6.07, 6.45) is 6.68. The van der Waals surface area contributed by atoms with Crippen molar-refractivity contribution in [2.45, 2.75) is 25.7 Å². The van der Waals surface area contributed by atoms with Gasteiger partial charge in [0.05, 0.1) is 0 Å². The highest BCUT2D eigenvalue weighted by Crippen LogP contribution is 2.22. The normalized spacial score (nSPS) is 23.0. The van der Waals surface area contributed by atoms with Gasteiger partial charge in [0.25, 0.3) is 0 Å². The van der Waals surface area contributed by atoms with Gasteiger partial charge in [0.15, 0.2) is 0 Å². The third-order valence-corrected chi connectivity index (χ3v) is 1.68. The summed E-state index contributed by atoms with van der Waals surface area (Å²) in [6.45, 7) is 0. The van der Waals surface area contributed by atoms with Crippen LogP contribution in [0.1, 0.15) is 25.7 Å². The van der Waals surface area contributed by atoms with Gasteiger partial charge in [-0.05, 0) is 18.8 Å². The van der Waals surface area contributed by atoms with E-state index in [9.17, 15) is 0 Å². The second-order valence-electron chi connectivity index (χ2n) is 2.31. The number of oxime groups is 1. The van der Waals surface area contributed by atoms with Crippen LogP contribution in [0.5, 0.6) is 0 Å². The Bertz CT molecular complexity index is 84.5. The molecule has 0 heterocycles. The van der Waals surface area contributed by atoms with E-state index < -0.39 is 0 Å². The van der Waals surface area contributed by atoms with E-state index >= 15 is 0 Å². The lowest BCUT2D eigenvalue weighted by Crippen LogP contribution is -1.92. The molecule has 1 saturated carbocycles. The quantitative estimate of drug-likeness (QED) is 0.313. The maximum Gasteiger partial charge on any atom is 0.0466 e. The van der Waals surface area contributed by atoms with Crippen LogP contribution in [0.2, 0.25) is 0 Å². The number of rotatable bonds is 1. The maximum absolute atomic E-state index is 8.10. The average molecular weight is 113 g/mol.